The van der Waals surface area contributed by atoms with E-state index in [0.29, 0.717) is 6.61 Å². The number of hydrogen-bond donors (Lipinski definition) is 2. The lowest BCUT2D eigenvalue weighted by molar-refractivity contribution is 0.137. The summed E-state index contributed by atoms with van der Waals surface area (Å²) < 4.78 is 5.57. The van der Waals surface area contributed by atoms with Gasteiger partial charge in [0.05, 0.1) is 0 Å². The largest absolute Gasteiger partial charge is 0.449 e. The molecule has 4 rings (SSSR count). The number of fused-ring (bicyclic) bond motifs is 3. The molecule has 1 aliphatic carbocycles. The van der Waals surface area contributed by atoms with E-state index in [1.807, 2.05) is 12.1 Å². The van der Waals surface area contributed by atoms with Gasteiger partial charge in [-0.15, -0.1) is 24.8 Å². The van der Waals surface area contributed by atoms with Crippen LogP contribution in [0.2, 0.25) is 0 Å². The van der Waals surface area contributed by atoms with E-state index in [0.717, 1.165) is 25.9 Å². The molecule has 0 radical (unpaired) electrons. The summed E-state index contributed by atoms with van der Waals surface area (Å²) in [5.41, 5.74) is 4.99. The van der Waals surface area contributed by atoms with Crippen molar-refractivity contribution in [3.8, 4) is 11.1 Å². The van der Waals surface area contributed by atoms with Crippen molar-refractivity contribution in [2.24, 2.45) is 0 Å². The van der Waals surface area contributed by atoms with Crippen LogP contribution in [0.1, 0.15) is 29.9 Å². The van der Waals surface area contributed by atoms with Crippen LogP contribution >= 0.6 is 24.8 Å². The van der Waals surface area contributed by atoms with Gasteiger partial charge in [-0.2, -0.15) is 0 Å². The molecule has 0 spiro atoms. The second-order valence-electron chi connectivity index (χ2n) is 6.49. The number of ether oxygens (including phenoxy) is 1. The van der Waals surface area contributed by atoms with Crippen molar-refractivity contribution < 1.29 is 9.53 Å². The summed E-state index contributed by atoms with van der Waals surface area (Å²) in [6.45, 7) is 2.29. The quantitative estimate of drug-likeness (QED) is 0.822. The lowest BCUT2D eigenvalue weighted by Crippen LogP contribution is -2.43. The minimum atomic E-state index is -0.302. The van der Waals surface area contributed by atoms with Gasteiger partial charge in [0.1, 0.15) is 6.61 Å². The molecule has 140 valence electrons. The van der Waals surface area contributed by atoms with Crippen molar-refractivity contribution in [2.45, 2.75) is 24.8 Å². The maximum atomic E-state index is 12.1. The molecule has 4 nitrogen and oxygen atoms in total. The van der Waals surface area contributed by atoms with Crippen molar-refractivity contribution in [3.05, 3.63) is 59.7 Å². The standard InChI is InChI=1S/C20H22N2O2.2ClH/c23-20(22-14-9-11-21-12-10-14)24-13-19-17-7-3-1-5-15(17)16-6-2-4-8-18(16)19;;/h1-8,14,19,21H,9-13H2,(H,22,23);2*1H. The van der Waals surface area contributed by atoms with Gasteiger partial charge in [0, 0.05) is 12.0 Å². The van der Waals surface area contributed by atoms with Crippen molar-refractivity contribution in [2.75, 3.05) is 19.7 Å². The fourth-order valence-electron chi connectivity index (χ4n) is 3.77. The van der Waals surface area contributed by atoms with Gasteiger partial charge in [-0.3, -0.25) is 0 Å². The molecule has 2 aromatic carbocycles. The Bertz CT molecular complexity index is 703. The summed E-state index contributed by atoms with van der Waals surface area (Å²) in [6.07, 6.45) is 1.62. The molecule has 6 heteroatoms. The number of carbonyl (C=O) groups is 1. The maximum absolute atomic E-state index is 12.1. The van der Waals surface area contributed by atoms with Crippen LogP contribution in [0.25, 0.3) is 11.1 Å². The number of nitrogens with one attached hydrogen (secondary N) is 2. The number of piperidine rings is 1. The highest BCUT2D eigenvalue weighted by molar-refractivity contribution is 5.85. The Labute approximate surface area is 166 Å². The molecule has 1 fully saturated rings. The summed E-state index contributed by atoms with van der Waals surface area (Å²) in [5.74, 6) is 0.121. The Kier molecular flexibility index (Phi) is 7.33. The third kappa shape index (κ3) is 4.14. The molecule has 0 saturated carbocycles. The average Bonchev–Trinajstić information content (AvgIpc) is 2.95. The molecular formula is C20H24Cl2N2O2. The van der Waals surface area contributed by atoms with Gasteiger partial charge < -0.3 is 15.4 Å². The highest BCUT2D eigenvalue weighted by atomic mass is 35.5. The third-order valence-corrected chi connectivity index (χ3v) is 5.00. The number of rotatable bonds is 3. The fraction of sp³-hybridized carbons (Fsp3) is 0.350. The van der Waals surface area contributed by atoms with E-state index < -0.39 is 0 Å². The first-order chi connectivity index (χ1) is 11.8. The van der Waals surface area contributed by atoms with Crippen LogP contribution in [0, 0.1) is 0 Å². The second kappa shape index (κ2) is 9.26. The molecular weight excluding hydrogens is 371 g/mol. The molecule has 2 N–H and O–H groups in total. The minimum absolute atomic E-state index is 0. The van der Waals surface area contributed by atoms with Crippen LogP contribution in [0.15, 0.2) is 48.5 Å². The van der Waals surface area contributed by atoms with Crippen molar-refractivity contribution in [1.82, 2.24) is 10.6 Å². The van der Waals surface area contributed by atoms with E-state index in [1.54, 1.807) is 0 Å². The normalized spacial score (nSPS) is 15.8. The Morgan fingerprint density at radius 3 is 2.08 bits per heavy atom. The molecule has 1 aliphatic heterocycles. The number of carbonyl (C=O) groups excluding carboxylic acids is 1. The summed E-state index contributed by atoms with van der Waals surface area (Å²) >= 11 is 0. The van der Waals surface area contributed by atoms with E-state index >= 15 is 0 Å². The third-order valence-electron chi connectivity index (χ3n) is 5.00. The number of halogens is 2. The molecule has 0 unspecified atom stereocenters. The van der Waals surface area contributed by atoms with Gasteiger partial charge in [0.15, 0.2) is 0 Å². The van der Waals surface area contributed by atoms with Gasteiger partial charge in [0.2, 0.25) is 0 Å². The van der Waals surface area contributed by atoms with Crippen molar-refractivity contribution >= 4 is 30.9 Å². The van der Waals surface area contributed by atoms with E-state index in [-0.39, 0.29) is 42.9 Å². The zero-order chi connectivity index (χ0) is 16.4. The smallest absolute Gasteiger partial charge is 0.407 e. The van der Waals surface area contributed by atoms with Crippen LogP contribution in [-0.2, 0) is 4.74 Å². The molecule has 26 heavy (non-hydrogen) atoms. The lowest BCUT2D eigenvalue weighted by atomic mass is 9.98. The minimum Gasteiger partial charge on any atom is -0.449 e. The van der Waals surface area contributed by atoms with Gasteiger partial charge >= 0.3 is 6.09 Å². The predicted molar refractivity (Wildman–Crippen MR) is 109 cm³/mol. The Balaban J connectivity index is 0.00000121. The molecule has 0 atom stereocenters. The van der Waals surface area contributed by atoms with Gasteiger partial charge in [-0.25, -0.2) is 4.79 Å². The Hall–Kier alpha value is -1.75. The van der Waals surface area contributed by atoms with E-state index in [1.165, 1.54) is 22.3 Å². The highest BCUT2D eigenvalue weighted by Crippen LogP contribution is 2.44. The van der Waals surface area contributed by atoms with Crippen LogP contribution < -0.4 is 10.6 Å². The predicted octanol–water partition coefficient (Wildman–Crippen LogP) is 4.12. The first kappa shape index (κ1) is 20.6. The number of hydrogen-bond acceptors (Lipinski definition) is 3. The topological polar surface area (TPSA) is 50.4 Å². The van der Waals surface area contributed by atoms with E-state index in [4.69, 9.17) is 4.74 Å². The summed E-state index contributed by atoms with van der Waals surface area (Å²) in [4.78, 5) is 12.1. The van der Waals surface area contributed by atoms with E-state index in [9.17, 15) is 4.79 Å². The number of benzene rings is 2. The summed E-state index contributed by atoms with van der Waals surface area (Å²) in [6, 6.07) is 17.0. The van der Waals surface area contributed by atoms with Gasteiger partial charge in [0.25, 0.3) is 0 Å². The van der Waals surface area contributed by atoms with Crippen molar-refractivity contribution in [3.63, 3.8) is 0 Å². The van der Waals surface area contributed by atoms with Crippen molar-refractivity contribution in [1.29, 1.82) is 0 Å². The first-order valence-electron chi connectivity index (χ1n) is 8.65. The summed E-state index contributed by atoms with van der Waals surface area (Å²) in [5, 5.41) is 6.28. The Morgan fingerprint density at radius 2 is 1.50 bits per heavy atom. The van der Waals surface area contributed by atoms with E-state index in [2.05, 4.69) is 47.0 Å². The zero-order valence-electron chi connectivity index (χ0n) is 14.4. The van der Waals surface area contributed by atoms with Crippen LogP contribution in [-0.4, -0.2) is 31.8 Å². The molecule has 0 aromatic heterocycles. The van der Waals surface area contributed by atoms with Crippen LogP contribution in [0.3, 0.4) is 0 Å². The number of amides is 1. The van der Waals surface area contributed by atoms with Gasteiger partial charge in [-0.1, -0.05) is 48.5 Å². The Morgan fingerprint density at radius 1 is 0.962 bits per heavy atom. The SMILES string of the molecule is Cl.Cl.O=C(NC1CCNCC1)OCC1c2ccccc2-c2ccccc21. The first-order valence-corrected chi connectivity index (χ1v) is 8.65. The van der Waals surface area contributed by atoms with Gasteiger partial charge in [-0.05, 0) is 48.2 Å². The summed E-state index contributed by atoms with van der Waals surface area (Å²) in [7, 11) is 0. The van der Waals surface area contributed by atoms with Crippen LogP contribution in [0.5, 0.6) is 0 Å². The molecule has 0 bridgehead atoms. The maximum Gasteiger partial charge on any atom is 0.407 e. The lowest BCUT2D eigenvalue weighted by Gasteiger charge is -2.23. The average molecular weight is 395 g/mol. The van der Waals surface area contributed by atoms with Crippen LogP contribution in [0.4, 0.5) is 4.79 Å². The monoisotopic (exact) mass is 394 g/mol. The molecule has 1 saturated heterocycles. The number of alkyl carbamates (subject to hydrolysis) is 1. The highest BCUT2D eigenvalue weighted by Gasteiger charge is 2.29. The second-order valence-corrected chi connectivity index (χ2v) is 6.49. The molecule has 1 heterocycles. The molecule has 2 aromatic rings. The zero-order valence-corrected chi connectivity index (χ0v) is 16.1. The molecule has 2 aliphatic rings. The fourth-order valence-corrected chi connectivity index (χ4v) is 3.77. The molecule has 1 amide bonds.